The van der Waals surface area contributed by atoms with Gasteiger partial charge in [-0.2, -0.15) is 0 Å². The molecule has 2 aromatic heterocycles. The van der Waals surface area contributed by atoms with E-state index in [4.69, 9.17) is 14.9 Å². The van der Waals surface area contributed by atoms with Crippen molar-refractivity contribution in [3.63, 3.8) is 0 Å². The van der Waals surface area contributed by atoms with E-state index in [1.54, 1.807) is 24.5 Å². The van der Waals surface area contributed by atoms with E-state index in [-0.39, 0.29) is 25.3 Å². The van der Waals surface area contributed by atoms with Gasteiger partial charge in [0, 0.05) is 34.8 Å². The van der Waals surface area contributed by atoms with Crippen LogP contribution < -0.4 is 10.5 Å². The van der Waals surface area contributed by atoms with Crippen LogP contribution in [0.15, 0.2) is 59.3 Å². The average Bonchev–Trinajstić information content (AvgIpc) is 3.26. The molecule has 0 aliphatic heterocycles. The van der Waals surface area contributed by atoms with E-state index in [0.29, 0.717) is 28.0 Å². The van der Waals surface area contributed by atoms with E-state index in [2.05, 4.69) is 4.98 Å². The number of carbonyl (C=O) groups is 1. The van der Waals surface area contributed by atoms with Crippen LogP contribution in [-0.4, -0.2) is 16.1 Å². The molecule has 0 saturated carbocycles. The molecule has 6 nitrogen and oxygen atoms in total. The number of halogens is 1. The number of hydrogen-bond acceptors (Lipinski definition) is 5. The van der Waals surface area contributed by atoms with Gasteiger partial charge in [0.2, 0.25) is 0 Å². The van der Waals surface area contributed by atoms with Gasteiger partial charge in [0.25, 0.3) is 0 Å². The molecular formula is C25H23FN2O4. The van der Waals surface area contributed by atoms with E-state index >= 15 is 0 Å². The van der Waals surface area contributed by atoms with Crippen LogP contribution in [0.25, 0.3) is 22.1 Å². The summed E-state index contributed by atoms with van der Waals surface area (Å²) in [7, 11) is 0. The Kier molecular flexibility index (Phi) is 6.18. The molecule has 2 aromatic carbocycles. The smallest absolute Gasteiger partial charge is 0.307 e. The van der Waals surface area contributed by atoms with Gasteiger partial charge in [-0.3, -0.25) is 9.78 Å². The molecule has 0 atom stereocenters. The Hall–Kier alpha value is -3.71. The number of carboxylic acids is 1. The fourth-order valence-corrected chi connectivity index (χ4v) is 3.69. The van der Waals surface area contributed by atoms with Crippen molar-refractivity contribution in [3.8, 4) is 16.9 Å². The number of nitrogens with two attached hydrogens (primary N) is 1. The van der Waals surface area contributed by atoms with E-state index in [0.717, 1.165) is 22.9 Å². The number of hydrogen-bond donors (Lipinski definition) is 2. The highest BCUT2D eigenvalue weighted by Gasteiger charge is 2.17. The quantitative estimate of drug-likeness (QED) is 0.411. The standard InChI is InChI=1S/C25H23FN2O4/c1-2-15-3-4-17(12-23(29)30)22(11-15)32-14-16-9-18-6-8-31-25(18)20(10-16)19-5-7-28-21(13-27)24(19)26/h3-11H,2,12-14,27H2,1H3,(H,29,30). The summed E-state index contributed by atoms with van der Waals surface area (Å²) in [6.45, 7) is 2.20. The number of rotatable bonds is 8. The number of aryl methyl sites for hydroxylation is 1. The highest BCUT2D eigenvalue weighted by Crippen LogP contribution is 2.34. The summed E-state index contributed by atoms with van der Waals surface area (Å²) in [5.41, 5.74) is 9.73. The highest BCUT2D eigenvalue weighted by molar-refractivity contribution is 5.93. The van der Waals surface area contributed by atoms with Gasteiger partial charge in [-0.15, -0.1) is 0 Å². The Labute approximate surface area is 184 Å². The molecule has 164 valence electrons. The van der Waals surface area contributed by atoms with Crippen LogP contribution in [0.5, 0.6) is 5.75 Å². The Morgan fingerprint density at radius 1 is 1.16 bits per heavy atom. The van der Waals surface area contributed by atoms with Gasteiger partial charge in [0.1, 0.15) is 17.9 Å². The third kappa shape index (κ3) is 4.33. The summed E-state index contributed by atoms with van der Waals surface area (Å²) in [6.07, 6.45) is 3.75. The van der Waals surface area contributed by atoms with Gasteiger partial charge in [-0.25, -0.2) is 4.39 Å². The molecule has 3 N–H and O–H groups in total. The number of ether oxygens (including phenoxy) is 1. The predicted molar refractivity (Wildman–Crippen MR) is 119 cm³/mol. The van der Waals surface area contributed by atoms with Gasteiger partial charge in [0.15, 0.2) is 5.82 Å². The van der Waals surface area contributed by atoms with Crippen molar-refractivity contribution in [2.75, 3.05) is 0 Å². The average molecular weight is 434 g/mol. The maximum atomic E-state index is 15.0. The van der Waals surface area contributed by atoms with E-state index in [1.165, 1.54) is 6.20 Å². The van der Waals surface area contributed by atoms with Gasteiger partial charge in [0.05, 0.1) is 18.4 Å². The van der Waals surface area contributed by atoms with Crippen LogP contribution in [-0.2, 0) is 30.8 Å². The summed E-state index contributed by atoms with van der Waals surface area (Å²) >= 11 is 0. The Balaban J connectivity index is 1.71. The fraction of sp³-hybridized carbons (Fsp3) is 0.200. The lowest BCUT2D eigenvalue weighted by Crippen LogP contribution is -2.05. The largest absolute Gasteiger partial charge is 0.489 e. The fourth-order valence-electron chi connectivity index (χ4n) is 3.69. The molecule has 4 aromatic rings. The first kappa shape index (κ1) is 21.5. The van der Waals surface area contributed by atoms with Gasteiger partial charge in [-0.1, -0.05) is 19.1 Å². The molecule has 0 aliphatic rings. The third-order valence-corrected chi connectivity index (χ3v) is 5.33. The lowest BCUT2D eigenvalue weighted by Gasteiger charge is -2.14. The van der Waals surface area contributed by atoms with Crippen LogP contribution in [0.4, 0.5) is 4.39 Å². The Bertz CT molecular complexity index is 1280. The minimum atomic E-state index is -0.926. The van der Waals surface area contributed by atoms with Crippen LogP contribution in [0, 0.1) is 5.82 Å². The van der Waals surface area contributed by atoms with Crippen molar-refractivity contribution in [2.24, 2.45) is 5.73 Å². The second kappa shape index (κ2) is 9.20. The zero-order valence-electron chi connectivity index (χ0n) is 17.6. The molecule has 0 amide bonds. The van der Waals surface area contributed by atoms with Gasteiger partial charge in [-0.05, 0) is 47.9 Å². The zero-order valence-corrected chi connectivity index (χ0v) is 17.6. The molecule has 0 bridgehead atoms. The number of furan rings is 1. The van der Waals surface area contributed by atoms with Crippen LogP contribution in [0.3, 0.4) is 0 Å². The minimum absolute atomic E-state index is 0.0100. The normalized spacial score (nSPS) is 11.1. The van der Waals surface area contributed by atoms with Crippen LogP contribution in [0.2, 0.25) is 0 Å². The predicted octanol–water partition coefficient (Wildman–Crippen LogP) is 4.86. The molecule has 32 heavy (non-hydrogen) atoms. The molecular weight excluding hydrogens is 411 g/mol. The molecule has 0 unspecified atom stereocenters. The van der Waals surface area contributed by atoms with Gasteiger partial charge < -0.3 is 20.0 Å². The number of pyridine rings is 1. The lowest BCUT2D eigenvalue weighted by atomic mass is 10.00. The number of carboxylic acid groups (broad SMARTS) is 1. The van der Waals surface area contributed by atoms with E-state index < -0.39 is 11.8 Å². The number of benzene rings is 2. The van der Waals surface area contributed by atoms with Crippen LogP contribution in [0.1, 0.15) is 29.3 Å². The molecule has 0 radical (unpaired) electrons. The third-order valence-electron chi connectivity index (χ3n) is 5.33. The van der Waals surface area contributed by atoms with E-state index in [9.17, 15) is 14.3 Å². The first-order valence-corrected chi connectivity index (χ1v) is 10.3. The van der Waals surface area contributed by atoms with Crippen molar-refractivity contribution in [1.29, 1.82) is 0 Å². The Morgan fingerprint density at radius 2 is 2.00 bits per heavy atom. The first-order valence-electron chi connectivity index (χ1n) is 10.3. The zero-order chi connectivity index (χ0) is 22.7. The summed E-state index contributed by atoms with van der Waals surface area (Å²) in [5.74, 6) is -0.878. The van der Waals surface area contributed by atoms with Crippen molar-refractivity contribution < 1.29 is 23.4 Å². The number of nitrogens with zero attached hydrogens (tertiary/aromatic N) is 1. The molecule has 0 aliphatic carbocycles. The highest BCUT2D eigenvalue weighted by atomic mass is 19.1. The molecule has 0 fully saturated rings. The minimum Gasteiger partial charge on any atom is -0.489 e. The maximum absolute atomic E-state index is 15.0. The lowest BCUT2D eigenvalue weighted by molar-refractivity contribution is -0.136. The molecule has 4 rings (SSSR count). The second-order valence-corrected chi connectivity index (χ2v) is 7.46. The number of aliphatic carboxylic acids is 1. The SMILES string of the molecule is CCc1ccc(CC(=O)O)c(OCc2cc(-c3ccnc(CN)c3F)c3occc3c2)c1. The molecule has 0 spiro atoms. The molecule has 7 heteroatoms. The van der Waals surface area contributed by atoms with E-state index in [1.807, 2.05) is 31.2 Å². The summed E-state index contributed by atoms with van der Waals surface area (Å²) in [5, 5.41) is 10.0. The summed E-state index contributed by atoms with van der Waals surface area (Å²) in [4.78, 5) is 15.2. The number of aromatic nitrogens is 1. The summed E-state index contributed by atoms with van der Waals surface area (Å²) in [6, 6.07) is 12.7. The Morgan fingerprint density at radius 3 is 2.75 bits per heavy atom. The summed E-state index contributed by atoms with van der Waals surface area (Å²) < 4.78 is 26.6. The topological polar surface area (TPSA) is 98.6 Å². The first-order chi connectivity index (χ1) is 15.5. The monoisotopic (exact) mass is 434 g/mol. The van der Waals surface area contributed by atoms with Crippen molar-refractivity contribution in [3.05, 3.63) is 83.1 Å². The maximum Gasteiger partial charge on any atom is 0.307 e. The molecule has 0 saturated heterocycles. The van der Waals surface area contributed by atoms with Crippen molar-refractivity contribution in [1.82, 2.24) is 4.98 Å². The van der Waals surface area contributed by atoms with Crippen molar-refractivity contribution >= 4 is 16.9 Å². The number of fused-ring (bicyclic) bond motifs is 1. The van der Waals surface area contributed by atoms with Crippen LogP contribution >= 0.6 is 0 Å². The second-order valence-electron chi connectivity index (χ2n) is 7.46. The van der Waals surface area contributed by atoms with Crippen molar-refractivity contribution in [2.45, 2.75) is 32.9 Å². The van der Waals surface area contributed by atoms with Gasteiger partial charge >= 0.3 is 5.97 Å². The molecule has 2 heterocycles.